The normalized spacial score (nSPS) is 11.0. The molecule has 0 saturated carbocycles. The molecule has 12 nitrogen and oxygen atoms in total. The average molecular weight is 568 g/mol. The number of carbonyl (C=O) groups excluding carboxylic acids is 1. The lowest BCUT2D eigenvalue weighted by Gasteiger charge is -2.11. The number of non-ortho nitro benzene ring substituents is 1. The van der Waals surface area contributed by atoms with Gasteiger partial charge in [-0.15, -0.1) is 0 Å². The predicted molar refractivity (Wildman–Crippen MR) is 155 cm³/mol. The number of nitriles is 1. The van der Waals surface area contributed by atoms with Gasteiger partial charge in [0.05, 0.1) is 22.5 Å². The Labute approximate surface area is 240 Å². The molecule has 0 radical (unpaired) electrons. The molecule has 0 atom stereocenters. The Bertz CT molecular complexity index is 1750. The molecule has 1 aromatic heterocycles. The molecule has 0 saturated heterocycles. The first-order chi connectivity index (χ1) is 20.1. The maximum atomic E-state index is 12.9. The van der Waals surface area contributed by atoms with Crippen molar-refractivity contribution < 1.29 is 24.1 Å². The third kappa shape index (κ3) is 6.43. The van der Waals surface area contributed by atoms with Gasteiger partial charge >= 0.3 is 5.69 Å². The molecule has 0 fully saturated rings. The van der Waals surface area contributed by atoms with Crippen molar-refractivity contribution in [2.45, 2.75) is 20.8 Å². The average Bonchev–Trinajstić information content (AvgIpc) is 3.24. The number of nitrogens with one attached hydrogen (secondary N) is 1. The number of amides is 1. The Hall–Kier alpha value is -5.96. The van der Waals surface area contributed by atoms with Crippen molar-refractivity contribution in [1.82, 2.24) is 4.57 Å². The van der Waals surface area contributed by atoms with Crippen LogP contribution in [-0.2, 0) is 4.79 Å². The number of nitro groups is 2. The maximum absolute atomic E-state index is 12.9. The first kappa shape index (κ1) is 29.0. The number of aromatic nitrogens is 1. The van der Waals surface area contributed by atoms with Crippen molar-refractivity contribution in [2.75, 3.05) is 11.9 Å². The second-order valence-corrected chi connectivity index (χ2v) is 9.01. The van der Waals surface area contributed by atoms with Gasteiger partial charge in [-0.05, 0) is 80.9 Å². The van der Waals surface area contributed by atoms with Crippen LogP contribution < -0.4 is 14.8 Å². The summed E-state index contributed by atoms with van der Waals surface area (Å²) in [5, 5.41) is 34.8. The molecule has 1 amide bonds. The minimum absolute atomic E-state index is 0.0782. The molecule has 42 heavy (non-hydrogen) atoms. The predicted octanol–water partition coefficient (Wildman–Crippen LogP) is 6.65. The highest BCUT2D eigenvalue weighted by molar-refractivity contribution is 6.09. The SMILES string of the molecule is CCOc1cccc(NC(=O)/C(C#N)=C\c2cc(C)n(-c3ccc(Oc4ccc([N+](=O)[O-])cc4[N+](=O)[O-])cc3)c2C)c1. The third-order valence-electron chi connectivity index (χ3n) is 6.21. The summed E-state index contributed by atoms with van der Waals surface area (Å²) < 4.78 is 13.0. The van der Waals surface area contributed by atoms with E-state index in [1.165, 1.54) is 12.1 Å². The first-order valence-corrected chi connectivity index (χ1v) is 12.7. The summed E-state index contributed by atoms with van der Waals surface area (Å²) in [5.74, 6) is 0.197. The van der Waals surface area contributed by atoms with Crippen LogP contribution in [0.1, 0.15) is 23.9 Å². The van der Waals surface area contributed by atoms with Crippen molar-refractivity contribution in [1.29, 1.82) is 5.26 Å². The van der Waals surface area contributed by atoms with Crippen molar-refractivity contribution in [3.63, 3.8) is 0 Å². The molecule has 0 aliphatic heterocycles. The van der Waals surface area contributed by atoms with Crippen molar-refractivity contribution >= 4 is 29.0 Å². The molecule has 0 aliphatic rings. The highest BCUT2D eigenvalue weighted by Gasteiger charge is 2.21. The van der Waals surface area contributed by atoms with Crippen LogP contribution in [0, 0.1) is 45.4 Å². The Kier molecular flexibility index (Phi) is 8.63. The number of ether oxygens (including phenoxy) is 2. The molecule has 1 heterocycles. The van der Waals surface area contributed by atoms with Crippen LogP contribution >= 0.6 is 0 Å². The van der Waals surface area contributed by atoms with E-state index in [1.54, 1.807) is 48.5 Å². The second kappa shape index (κ2) is 12.5. The molecule has 1 N–H and O–H groups in total. The van der Waals surface area contributed by atoms with Crippen molar-refractivity contribution in [2.24, 2.45) is 0 Å². The largest absolute Gasteiger partial charge is 0.494 e. The number of carbonyl (C=O) groups is 1. The number of benzene rings is 3. The quantitative estimate of drug-likeness (QED) is 0.0964. The number of hydrogen-bond donors (Lipinski definition) is 1. The van der Waals surface area contributed by atoms with Gasteiger partial charge in [-0.25, -0.2) is 0 Å². The Morgan fingerprint density at radius 3 is 2.38 bits per heavy atom. The summed E-state index contributed by atoms with van der Waals surface area (Å²) in [5.41, 5.74) is 2.49. The molecule has 0 bridgehead atoms. The summed E-state index contributed by atoms with van der Waals surface area (Å²) in [6, 6.07) is 20.6. The fraction of sp³-hybridized carbons (Fsp3) is 0.133. The van der Waals surface area contributed by atoms with E-state index in [2.05, 4.69) is 5.32 Å². The zero-order valence-corrected chi connectivity index (χ0v) is 22.9. The zero-order chi connectivity index (χ0) is 30.4. The smallest absolute Gasteiger partial charge is 0.318 e. The molecule has 12 heteroatoms. The lowest BCUT2D eigenvalue weighted by molar-refractivity contribution is -0.394. The third-order valence-corrected chi connectivity index (χ3v) is 6.21. The zero-order valence-electron chi connectivity index (χ0n) is 22.9. The van der Waals surface area contributed by atoms with E-state index < -0.39 is 27.1 Å². The van der Waals surface area contributed by atoms with Crippen LogP contribution in [0.2, 0.25) is 0 Å². The fourth-order valence-electron chi connectivity index (χ4n) is 4.30. The minimum atomic E-state index is -0.744. The standard InChI is InChI=1S/C30H25N5O7/c1-4-41-27-7-5-6-23(16-27)32-30(36)22(18-31)15-21-14-19(2)33(20(21)3)24-8-11-26(12-9-24)42-29-13-10-25(34(37)38)17-28(29)35(39)40/h5-17H,4H2,1-3H3,(H,32,36)/b22-15-. The van der Waals surface area contributed by atoms with Gasteiger partial charge in [0, 0.05) is 34.9 Å². The lowest BCUT2D eigenvalue weighted by atomic mass is 10.1. The van der Waals surface area contributed by atoms with Crippen molar-refractivity contribution in [3.8, 4) is 29.0 Å². The summed E-state index contributed by atoms with van der Waals surface area (Å²) in [6.45, 7) is 6.06. The lowest BCUT2D eigenvalue weighted by Crippen LogP contribution is -2.13. The number of rotatable bonds is 10. The van der Waals surface area contributed by atoms with Crippen LogP contribution in [0.3, 0.4) is 0 Å². The number of nitro benzene ring substituents is 2. The number of aryl methyl sites for hydroxylation is 1. The van der Waals surface area contributed by atoms with Crippen LogP contribution in [0.5, 0.6) is 17.2 Å². The Balaban J connectivity index is 1.56. The first-order valence-electron chi connectivity index (χ1n) is 12.7. The van der Waals surface area contributed by atoms with Gasteiger partial charge in [0.2, 0.25) is 5.75 Å². The van der Waals surface area contributed by atoms with E-state index in [9.17, 15) is 30.3 Å². The molecular weight excluding hydrogens is 542 g/mol. The molecule has 212 valence electrons. The van der Waals surface area contributed by atoms with E-state index in [0.717, 1.165) is 29.2 Å². The highest BCUT2D eigenvalue weighted by Crippen LogP contribution is 2.35. The van der Waals surface area contributed by atoms with Gasteiger partial charge < -0.3 is 19.4 Å². The molecule has 4 aromatic rings. The van der Waals surface area contributed by atoms with Gasteiger partial charge in [-0.1, -0.05) is 6.07 Å². The highest BCUT2D eigenvalue weighted by atomic mass is 16.6. The maximum Gasteiger partial charge on any atom is 0.318 e. The summed E-state index contributed by atoms with van der Waals surface area (Å²) >= 11 is 0. The van der Waals surface area contributed by atoms with Gasteiger partial charge in [0.25, 0.3) is 11.6 Å². The van der Waals surface area contributed by atoms with E-state index in [0.29, 0.717) is 23.6 Å². The van der Waals surface area contributed by atoms with E-state index in [4.69, 9.17) is 9.47 Å². The molecular formula is C30H25N5O7. The summed E-state index contributed by atoms with van der Waals surface area (Å²) in [7, 11) is 0. The van der Waals surface area contributed by atoms with Crippen LogP contribution in [-0.4, -0.2) is 26.9 Å². The van der Waals surface area contributed by atoms with Gasteiger partial charge in [-0.3, -0.25) is 25.0 Å². The van der Waals surface area contributed by atoms with Crippen LogP contribution in [0.15, 0.2) is 78.4 Å². The fourth-order valence-corrected chi connectivity index (χ4v) is 4.30. The number of nitrogens with zero attached hydrogens (tertiary/aromatic N) is 4. The van der Waals surface area contributed by atoms with E-state index in [1.807, 2.05) is 37.5 Å². The molecule has 0 unspecified atom stereocenters. The minimum Gasteiger partial charge on any atom is -0.494 e. The van der Waals surface area contributed by atoms with E-state index in [-0.39, 0.29) is 17.1 Å². The van der Waals surface area contributed by atoms with Crippen molar-refractivity contribution in [3.05, 3.63) is 116 Å². The Morgan fingerprint density at radius 1 is 1.00 bits per heavy atom. The van der Waals surface area contributed by atoms with Gasteiger partial charge in [0.15, 0.2) is 0 Å². The summed E-state index contributed by atoms with van der Waals surface area (Å²) in [6.07, 6.45) is 1.52. The Morgan fingerprint density at radius 2 is 1.74 bits per heavy atom. The molecule has 0 aliphatic carbocycles. The second-order valence-electron chi connectivity index (χ2n) is 9.01. The van der Waals surface area contributed by atoms with Crippen LogP contribution in [0.4, 0.5) is 17.1 Å². The van der Waals surface area contributed by atoms with Gasteiger partial charge in [0.1, 0.15) is 23.1 Å². The van der Waals surface area contributed by atoms with Gasteiger partial charge in [-0.2, -0.15) is 5.26 Å². The topological polar surface area (TPSA) is 163 Å². The number of hydrogen-bond acceptors (Lipinski definition) is 8. The molecule has 4 rings (SSSR count). The monoisotopic (exact) mass is 567 g/mol. The molecule has 3 aromatic carbocycles. The molecule has 0 spiro atoms. The number of anilines is 1. The summed E-state index contributed by atoms with van der Waals surface area (Å²) in [4.78, 5) is 33.8. The van der Waals surface area contributed by atoms with Crippen LogP contribution in [0.25, 0.3) is 11.8 Å². The van der Waals surface area contributed by atoms with E-state index >= 15 is 0 Å².